The molecule has 1 saturated carbocycles. The van der Waals surface area contributed by atoms with Gasteiger partial charge in [-0.2, -0.15) is 0 Å². The molecule has 0 N–H and O–H groups in total. The molecule has 2 aromatic rings. The lowest BCUT2D eigenvalue weighted by molar-refractivity contribution is 0.413. The van der Waals surface area contributed by atoms with E-state index in [-0.39, 0.29) is 0 Å². The topological polar surface area (TPSA) is 14.2 Å². The highest BCUT2D eigenvalue weighted by Crippen LogP contribution is 2.31. The number of nitrogens with zero attached hydrogens (tertiary/aromatic N) is 1. The molecular weight excluding hydrogens is 210 g/mol. The van der Waals surface area contributed by atoms with Gasteiger partial charge in [0.25, 0.3) is 0 Å². The number of ether oxygens (including phenoxy) is 1. The van der Waals surface area contributed by atoms with Crippen LogP contribution in [-0.4, -0.2) is 11.7 Å². The van der Waals surface area contributed by atoms with Gasteiger partial charge in [0.15, 0.2) is 0 Å². The van der Waals surface area contributed by atoms with Gasteiger partial charge in [-0.05, 0) is 30.9 Å². The van der Waals surface area contributed by atoms with Crippen LogP contribution in [0.15, 0.2) is 30.5 Å². The lowest BCUT2D eigenvalue weighted by atomic mass is 10.1. The molecule has 0 saturated heterocycles. The Labute approximate surface area is 102 Å². The molecule has 0 unspecified atom stereocenters. The molecule has 17 heavy (non-hydrogen) atoms. The SMILES string of the molecule is COc1cccc2ccn(CC3CCCC3)c12. The van der Waals surface area contributed by atoms with E-state index in [2.05, 4.69) is 29.0 Å². The van der Waals surface area contributed by atoms with Crippen molar-refractivity contribution in [1.82, 2.24) is 4.57 Å². The Bertz CT molecular complexity index is 509. The van der Waals surface area contributed by atoms with Gasteiger partial charge in [-0.15, -0.1) is 0 Å². The molecule has 0 spiro atoms. The van der Waals surface area contributed by atoms with Gasteiger partial charge in [0, 0.05) is 18.1 Å². The fourth-order valence-corrected chi connectivity index (χ4v) is 3.01. The van der Waals surface area contributed by atoms with E-state index >= 15 is 0 Å². The smallest absolute Gasteiger partial charge is 0.143 e. The second-order valence-electron chi connectivity index (χ2n) is 5.02. The highest BCUT2D eigenvalue weighted by Gasteiger charge is 2.17. The van der Waals surface area contributed by atoms with Crippen molar-refractivity contribution in [3.8, 4) is 5.75 Å². The maximum atomic E-state index is 5.47. The van der Waals surface area contributed by atoms with Crippen molar-refractivity contribution < 1.29 is 4.74 Å². The first-order valence-corrected chi connectivity index (χ1v) is 6.50. The summed E-state index contributed by atoms with van der Waals surface area (Å²) in [6.45, 7) is 1.14. The molecule has 0 amide bonds. The monoisotopic (exact) mass is 229 g/mol. The molecule has 0 bridgehead atoms. The number of para-hydroxylation sites is 1. The Morgan fingerprint density at radius 3 is 2.82 bits per heavy atom. The van der Waals surface area contributed by atoms with Crippen LogP contribution in [0.2, 0.25) is 0 Å². The summed E-state index contributed by atoms with van der Waals surface area (Å²) in [4.78, 5) is 0. The fourth-order valence-electron chi connectivity index (χ4n) is 3.01. The normalized spacial score (nSPS) is 16.8. The van der Waals surface area contributed by atoms with Gasteiger partial charge in [0.05, 0.1) is 12.6 Å². The minimum Gasteiger partial charge on any atom is -0.495 e. The van der Waals surface area contributed by atoms with Crippen LogP contribution in [0.4, 0.5) is 0 Å². The summed E-state index contributed by atoms with van der Waals surface area (Å²) in [7, 11) is 1.75. The van der Waals surface area contributed by atoms with Gasteiger partial charge in [0.2, 0.25) is 0 Å². The second-order valence-corrected chi connectivity index (χ2v) is 5.02. The first kappa shape index (κ1) is 10.7. The predicted molar refractivity (Wildman–Crippen MR) is 70.4 cm³/mol. The van der Waals surface area contributed by atoms with E-state index in [4.69, 9.17) is 4.74 Å². The summed E-state index contributed by atoms with van der Waals surface area (Å²) in [5.41, 5.74) is 1.25. The van der Waals surface area contributed by atoms with Crippen molar-refractivity contribution in [2.75, 3.05) is 7.11 Å². The van der Waals surface area contributed by atoms with Crippen LogP contribution in [0.3, 0.4) is 0 Å². The molecule has 3 rings (SSSR count). The predicted octanol–water partition coefficient (Wildman–Crippen LogP) is 3.84. The second kappa shape index (κ2) is 4.44. The standard InChI is InChI=1S/C15H19NO/c1-17-14-8-4-7-13-9-10-16(15(13)14)11-12-5-2-3-6-12/h4,7-10,12H,2-3,5-6,11H2,1H3. The van der Waals surface area contributed by atoms with Gasteiger partial charge in [-0.3, -0.25) is 0 Å². The highest BCUT2D eigenvalue weighted by molar-refractivity contribution is 5.85. The molecule has 1 heterocycles. The van der Waals surface area contributed by atoms with Crippen LogP contribution in [0.25, 0.3) is 10.9 Å². The summed E-state index contributed by atoms with van der Waals surface area (Å²) >= 11 is 0. The molecule has 1 aliphatic rings. The quantitative estimate of drug-likeness (QED) is 0.780. The zero-order valence-electron chi connectivity index (χ0n) is 10.4. The molecule has 1 aliphatic carbocycles. The minimum atomic E-state index is 0.857. The number of fused-ring (bicyclic) bond motifs is 1. The first-order valence-electron chi connectivity index (χ1n) is 6.50. The van der Waals surface area contributed by atoms with Crippen LogP contribution in [0.5, 0.6) is 5.75 Å². The van der Waals surface area contributed by atoms with Crippen molar-refractivity contribution in [3.63, 3.8) is 0 Å². The number of aromatic nitrogens is 1. The zero-order chi connectivity index (χ0) is 11.7. The summed E-state index contributed by atoms with van der Waals surface area (Å²) in [6, 6.07) is 8.45. The Balaban J connectivity index is 1.98. The average Bonchev–Trinajstić information content (AvgIpc) is 2.99. The lowest BCUT2D eigenvalue weighted by Gasteiger charge is -2.13. The van der Waals surface area contributed by atoms with Crippen LogP contribution >= 0.6 is 0 Å². The van der Waals surface area contributed by atoms with Gasteiger partial charge in [0.1, 0.15) is 5.75 Å². The lowest BCUT2D eigenvalue weighted by Crippen LogP contribution is -2.06. The zero-order valence-corrected chi connectivity index (χ0v) is 10.4. The molecule has 90 valence electrons. The molecule has 1 fully saturated rings. The summed E-state index contributed by atoms with van der Waals surface area (Å²) in [6.07, 6.45) is 7.77. The van der Waals surface area contributed by atoms with Crippen LogP contribution in [-0.2, 0) is 6.54 Å². The molecule has 2 heteroatoms. The maximum absolute atomic E-state index is 5.47. The molecule has 0 radical (unpaired) electrons. The first-order chi connectivity index (χ1) is 8.38. The largest absolute Gasteiger partial charge is 0.495 e. The molecule has 0 atom stereocenters. The molecule has 2 nitrogen and oxygen atoms in total. The van der Waals surface area contributed by atoms with Crippen molar-refractivity contribution in [2.24, 2.45) is 5.92 Å². The van der Waals surface area contributed by atoms with Crippen LogP contribution in [0, 0.1) is 5.92 Å². The van der Waals surface area contributed by atoms with E-state index in [9.17, 15) is 0 Å². The van der Waals surface area contributed by atoms with Gasteiger partial charge < -0.3 is 9.30 Å². The van der Waals surface area contributed by atoms with Gasteiger partial charge >= 0.3 is 0 Å². The van der Waals surface area contributed by atoms with Crippen LogP contribution in [0.1, 0.15) is 25.7 Å². The minimum absolute atomic E-state index is 0.857. The Hall–Kier alpha value is -1.44. The third kappa shape index (κ3) is 1.92. The molecule has 1 aromatic heterocycles. The summed E-state index contributed by atoms with van der Waals surface area (Å²) in [5.74, 6) is 1.85. The molecular formula is C15H19NO. The number of rotatable bonds is 3. The van der Waals surface area contributed by atoms with E-state index in [1.54, 1.807) is 7.11 Å². The number of hydrogen-bond acceptors (Lipinski definition) is 1. The maximum Gasteiger partial charge on any atom is 0.143 e. The number of methoxy groups -OCH3 is 1. The van der Waals surface area contributed by atoms with Crippen LogP contribution < -0.4 is 4.74 Å². The van der Waals surface area contributed by atoms with Crippen molar-refractivity contribution in [3.05, 3.63) is 30.5 Å². The van der Waals surface area contributed by atoms with E-state index in [0.717, 1.165) is 18.2 Å². The van der Waals surface area contributed by atoms with Crippen molar-refractivity contribution >= 4 is 10.9 Å². The molecule has 0 aliphatic heterocycles. The average molecular weight is 229 g/mol. The van der Waals surface area contributed by atoms with Gasteiger partial charge in [-0.1, -0.05) is 25.0 Å². The highest BCUT2D eigenvalue weighted by atomic mass is 16.5. The van der Waals surface area contributed by atoms with Crippen molar-refractivity contribution in [1.29, 1.82) is 0 Å². The third-order valence-electron chi connectivity index (χ3n) is 3.90. The van der Waals surface area contributed by atoms with E-state index < -0.39 is 0 Å². The fraction of sp³-hybridized carbons (Fsp3) is 0.467. The summed E-state index contributed by atoms with van der Waals surface area (Å²) < 4.78 is 7.84. The number of hydrogen-bond donors (Lipinski definition) is 0. The Morgan fingerprint density at radius 2 is 2.06 bits per heavy atom. The third-order valence-corrected chi connectivity index (χ3v) is 3.90. The van der Waals surface area contributed by atoms with Crippen molar-refractivity contribution in [2.45, 2.75) is 32.2 Å². The van der Waals surface area contributed by atoms with Gasteiger partial charge in [-0.25, -0.2) is 0 Å². The summed E-state index contributed by atoms with van der Waals surface area (Å²) in [5, 5.41) is 1.28. The van der Waals surface area contributed by atoms with E-state index in [0.29, 0.717) is 0 Å². The van der Waals surface area contributed by atoms with E-state index in [1.807, 2.05) is 6.07 Å². The van der Waals surface area contributed by atoms with E-state index in [1.165, 1.54) is 36.6 Å². The molecule has 1 aromatic carbocycles. The Morgan fingerprint density at radius 1 is 1.24 bits per heavy atom. The Kier molecular flexibility index (Phi) is 2.79. The number of benzene rings is 1.